The molecule has 1 amide bonds. The minimum Gasteiger partial charge on any atom is -0.438 e. The van der Waals surface area contributed by atoms with Gasteiger partial charge in [-0.15, -0.1) is 11.3 Å². The summed E-state index contributed by atoms with van der Waals surface area (Å²) in [4.78, 5) is 17.0. The zero-order valence-corrected chi connectivity index (χ0v) is 11.1. The molecule has 1 atom stereocenters. The lowest BCUT2D eigenvalue weighted by molar-refractivity contribution is 0.0938. The highest BCUT2D eigenvalue weighted by Gasteiger charge is 2.16. The number of para-hydroxylation sites is 2. The third-order valence-electron chi connectivity index (χ3n) is 2.77. The van der Waals surface area contributed by atoms with Gasteiger partial charge in [0.15, 0.2) is 5.58 Å². The minimum absolute atomic E-state index is 0.107. The molecule has 1 unspecified atom stereocenters. The summed E-state index contributed by atoms with van der Waals surface area (Å²) < 4.78 is 5.63. The summed E-state index contributed by atoms with van der Waals surface area (Å²) in [6.45, 7) is 1.86. The van der Waals surface area contributed by atoms with Crippen molar-refractivity contribution in [1.29, 1.82) is 0 Å². The van der Waals surface area contributed by atoms with E-state index in [0.717, 1.165) is 11.1 Å². The lowest BCUT2D eigenvalue weighted by Gasteiger charge is -2.08. The molecule has 0 saturated carbocycles. The third-order valence-corrected chi connectivity index (χ3v) is 3.64. The molecule has 2 heterocycles. The molecule has 0 bridgehead atoms. The van der Waals surface area contributed by atoms with Crippen molar-refractivity contribution in [3.63, 3.8) is 0 Å². The maximum absolute atomic E-state index is 11.9. The molecule has 2 aromatic heterocycles. The van der Waals surface area contributed by atoms with Gasteiger partial charge in [0.2, 0.25) is 5.89 Å². The van der Waals surface area contributed by atoms with Gasteiger partial charge in [-0.1, -0.05) is 18.2 Å². The van der Waals surface area contributed by atoms with Gasteiger partial charge in [-0.05, 0) is 30.5 Å². The fraction of sp³-hybridized carbons (Fsp3) is 0.143. The van der Waals surface area contributed by atoms with Crippen molar-refractivity contribution in [2.75, 3.05) is 0 Å². The maximum Gasteiger partial charge on any atom is 0.261 e. The average Bonchev–Trinajstić information content (AvgIpc) is 3.07. The number of benzene rings is 1. The fourth-order valence-corrected chi connectivity index (χ4v) is 2.44. The molecule has 0 spiro atoms. The van der Waals surface area contributed by atoms with E-state index in [1.54, 1.807) is 6.07 Å². The molecule has 19 heavy (non-hydrogen) atoms. The third kappa shape index (κ3) is 2.37. The Labute approximate surface area is 114 Å². The largest absolute Gasteiger partial charge is 0.438 e. The van der Waals surface area contributed by atoms with E-state index in [1.807, 2.05) is 42.6 Å². The summed E-state index contributed by atoms with van der Waals surface area (Å²) in [5.41, 5.74) is 1.53. The van der Waals surface area contributed by atoms with E-state index in [4.69, 9.17) is 4.42 Å². The first-order chi connectivity index (χ1) is 9.24. The number of thiophene rings is 1. The van der Waals surface area contributed by atoms with Crippen LogP contribution in [0.25, 0.3) is 11.1 Å². The summed E-state index contributed by atoms with van der Waals surface area (Å²) >= 11 is 1.41. The summed E-state index contributed by atoms with van der Waals surface area (Å²) in [5.74, 6) is 0.413. The van der Waals surface area contributed by atoms with Crippen molar-refractivity contribution in [2.24, 2.45) is 0 Å². The van der Waals surface area contributed by atoms with Crippen molar-refractivity contribution < 1.29 is 9.21 Å². The number of hydrogen-bond acceptors (Lipinski definition) is 4. The first-order valence-electron chi connectivity index (χ1n) is 5.94. The molecule has 0 radical (unpaired) electrons. The second-order valence-electron chi connectivity index (χ2n) is 4.19. The van der Waals surface area contributed by atoms with Crippen molar-refractivity contribution in [3.8, 4) is 0 Å². The highest BCUT2D eigenvalue weighted by molar-refractivity contribution is 7.12. The molecule has 3 rings (SSSR count). The van der Waals surface area contributed by atoms with Crippen LogP contribution in [-0.4, -0.2) is 10.9 Å². The molecular weight excluding hydrogens is 260 g/mol. The normalized spacial score (nSPS) is 12.5. The van der Waals surface area contributed by atoms with Gasteiger partial charge >= 0.3 is 0 Å². The Morgan fingerprint density at radius 3 is 2.89 bits per heavy atom. The van der Waals surface area contributed by atoms with E-state index in [9.17, 15) is 4.79 Å². The molecule has 0 aliphatic rings. The molecule has 96 valence electrons. The zero-order valence-electron chi connectivity index (χ0n) is 10.3. The van der Waals surface area contributed by atoms with E-state index in [-0.39, 0.29) is 11.9 Å². The fourth-order valence-electron chi connectivity index (χ4n) is 1.81. The molecule has 0 aliphatic carbocycles. The highest BCUT2D eigenvalue weighted by atomic mass is 32.1. The number of oxazole rings is 1. The topological polar surface area (TPSA) is 55.1 Å². The Balaban J connectivity index is 1.80. The highest BCUT2D eigenvalue weighted by Crippen LogP contribution is 2.20. The van der Waals surface area contributed by atoms with E-state index in [0.29, 0.717) is 10.8 Å². The Hall–Kier alpha value is -2.14. The number of fused-ring (bicyclic) bond motifs is 1. The standard InChI is InChI=1S/C14H12N2O2S/c1-9(15-13(17)12-7-4-8-19-12)14-16-10-5-2-3-6-11(10)18-14/h2-9H,1H3,(H,15,17). The van der Waals surface area contributed by atoms with Crippen molar-refractivity contribution in [3.05, 3.63) is 52.5 Å². The van der Waals surface area contributed by atoms with E-state index in [1.165, 1.54) is 11.3 Å². The summed E-state index contributed by atoms with van der Waals surface area (Å²) in [5, 5.41) is 4.75. The van der Waals surface area contributed by atoms with Gasteiger partial charge in [-0.3, -0.25) is 4.79 Å². The van der Waals surface area contributed by atoms with Crippen LogP contribution in [0.3, 0.4) is 0 Å². The quantitative estimate of drug-likeness (QED) is 0.795. The Bertz CT molecular complexity index is 670. The van der Waals surface area contributed by atoms with Crippen LogP contribution >= 0.6 is 11.3 Å². The van der Waals surface area contributed by atoms with Crippen LogP contribution in [0.4, 0.5) is 0 Å². The second kappa shape index (κ2) is 4.85. The molecule has 0 aliphatic heterocycles. The van der Waals surface area contributed by atoms with Gasteiger partial charge in [-0.25, -0.2) is 4.98 Å². The summed E-state index contributed by atoms with van der Waals surface area (Å²) in [6.07, 6.45) is 0. The predicted molar refractivity (Wildman–Crippen MR) is 74.2 cm³/mol. The number of nitrogens with zero attached hydrogens (tertiary/aromatic N) is 1. The monoisotopic (exact) mass is 272 g/mol. The SMILES string of the molecule is CC(NC(=O)c1cccs1)c1nc2ccccc2o1. The Kier molecular flexibility index (Phi) is 3.05. The van der Waals surface area contributed by atoms with E-state index < -0.39 is 0 Å². The van der Waals surface area contributed by atoms with Crippen LogP contribution in [0.2, 0.25) is 0 Å². The number of carbonyl (C=O) groups excluding carboxylic acids is 1. The van der Waals surface area contributed by atoms with Crippen LogP contribution in [0, 0.1) is 0 Å². The molecule has 1 aromatic carbocycles. The maximum atomic E-state index is 11.9. The van der Waals surface area contributed by atoms with Crippen LogP contribution in [0.15, 0.2) is 46.2 Å². The van der Waals surface area contributed by atoms with Gasteiger partial charge < -0.3 is 9.73 Å². The van der Waals surface area contributed by atoms with Crippen LogP contribution < -0.4 is 5.32 Å². The smallest absolute Gasteiger partial charge is 0.261 e. The lowest BCUT2D eigenvalue weighted by atomic mass is 10.3. The van der Waals surface area contributed by atoms with Gasteiger partial charge in [0.1, 0.15) is 11.6 Å². The minimum atomic E-state index is -0.262. The van der Waals surface area contributed by atoms with Gasteiger partial charge in [0.05, 0.1) is 4.88 Å². The molecule has 1 N–H and O–H groups in total. The Morgan fingerprint density at radius 1 is 1.32 bits per heavy atom. The van der Waals surface area contributed by atoms with Crippen LogP contribution in [-0.2, 0) is 0 Å². The zero-order chi connectivity index (χ0) is 13.2. The number of carbonyl (C=O) groups is 1. The van der Waals surface area contributed by atoms with Crippen LogP contribution in [0.1, 0.15) is 28.5 Å². The Morgan fingerprint density at radius 2 is 2.16 bits per heavy atom. The van der Waals surface area contributed by atoms with Gasteiger partial charge in [0.25, 0.3) is 5.91 Å². The molecule has 3 aromatic rings. The first kappa shape index (κ1) is 11.9. The van der Waals surface area contributed by atoms with Crippen LogP contribution in [0.5, 0.6) is 0 Å². The number of hydrogen-bond donors (Lipinski definition) is 1. The van der Waals surface area contributed by atoms with Crippen molar-refractivity contribution >= 4 is 28.3 Å². The number of amides is 1. The van der Waals surface area contributed by atoms with Gasteiger partial charge in [0, 0.05) is 0 Å². The second-order valence-corrected chi connectivity index (χ2v) is 5.14. The predicted octanol–water partition coefficient (Wildman–Crippen LogP) is 3.38. The lowest BCUT2D eigenvalue weighted by Crippen LogP contribution is -2.26. The van der Waals surface area contributed by atoms with E-state index >= 15 is 0 Å². The summed E-state index contributed by atoms with van der Waals surface area (Å²) in [6, 6.07) is 10.9. The van der Waals surface area contributed by atoms with Gasteiger partial charge in [-0.2, -0.15) is 0 Å². The molecule has 0 fully saturated rings. The van der Waals surface area contributed by atoms with E-state index in [2.05, 4.69) is 10.3 Å². The molecule has 4 nitrogen and oxygen atoms in total. The summed E-state index contributed by atoms with van der Waals surface area (Å²) in [7, 11) is 0. The average molecular weight is 272 g/mol. The number of aromatic nitrogens is 1. The number of nitrogens with one attached hydrogen (secondary N) is 1. The molecular formula is C14H12N2O2S. The van der Waals surface area contributed by atoms with Crippen molar-refractivity contribution in [2.45, 2.75) is 13.0 Å². The number of rotatable bonds is 3. The molecule has 0 saturated heterocycles. The first-order valence-corrected chi connectivity index (χ1v) is 6.82. The molecule has 5 heteroatoms. The van der Waals surface area contributed by atoms with Crippen molar-refractivity contribution in [1.82, 2.24) is 10.3 Å².